The lowest BCUT2D eigenvalue weighted by Gasteiger charge is -2.26. The summed E-state index contributed by atoms with van der Waals surface area (Å²) in [5.74, 6) is 0.771. The van der Waals surface area contributed by atoms with E-state index in [4.69, 9.17) is 4.74 Å². The average molecular weight is 376 g/mol. The third-order valence-electron chi connectivity index (χ3n) is 4.54. The standard InChI is InChI=1S/C20H33N5O2/c1-3-4-9-22-19(26)18-7-5-17(6-8-18)16-24-20(21-2)23-10-11-25-12-14-27-15-13-25/h5-8H,3-4,9-16H2,1-2H3,(H,22,26)(H2,21,23,24). The van der Waals surface area contributed by atoms with Crippen molar-refractivity contribution in [1.82, 2.24) is 20.9 Å². The van der Waals surface area contributed by atoms with Gasteiger partial charge in [0, 0.05) is 51.9 Å². The molecule has 0 aliphatic carbocycles. The van der Waals surface area contributed by atoms with Gasteiger partial charge in [0.05, 0.1) is 13.2 Å². The average Bonchev–Trinajstić information content (AvgIpc) is 2.72. The molecule has 1 heterocycles. The van der Waals surface area contributed by atoms with Gasteiger partial charge >= 0.3 is 0 Å². The Bertz CT molecular complexity index is 583. The molecule has 0 radical (unpaired) electrons. The minimum atomic E-state index is -0.0106. The zero-order valence-electron chi connectivity index (χ0n) is 16.6. The van der Waals surface area contributed by atoms with E-state index in [0.29, 0.717) is 12.1 Å². The van der Waals surface area contributed by atoms with Crippen LogP contribution in [0.25, 0.3) is 0 Å². The number of benzene rings is 1. The maximum Gasteiger partial charge on any atom is 0.251 e. The first-order chi connectivity index (χ1) is 13.2. The van der Waals surface area contributed by atoms with Crippen molar-refractivity contribution in [2.75, 3.05) is 53.0 Å². The van der Waals surface area contributed by atoms with E-state index in [9.17, 15) is 4.79 Å². The van der Waals surface area contributed by atoms with Gasteiger partial charge in [-0.1, -0.05) is 25.5 Å². The van der Waals surface area contributed by atoms with Crippen molar-refractivity contribution in [2.24, 2.45) is 4.99 Å². The van der Waals surface area contributed by atoms with Gasteiger partial charge in [0.25, 0.3) is 5.91 Å². The predicted molar refractivity (Wildman–Crippen MR) is 109 cm³/mol. The number of nitrogens with one attached hydrogen (secondary N) is 3. The molecule has 0 unspecified atom stereocenters. The molecule has 1 fully saturated rings. The van der Waals surface area contributed by atoms with Crippen molar-refractivity contribution in [3.8, 4) is 0 Å². The fourth-order valence-corrected chi connectivity index (χ4v) is 2.82. The summed E-state index contributed by atoms with van der Waals surface area (Å²) in [5.41, 5.74) is 1.80. The molecule has 0 saturated carbocycles. The lowest BCUT2D eigenvalue weighted by Crippen LogP contribution is -2.44. The number of nitrogens with zero attached hydrogens (tertiary/aromatic N) is 2. The first-order valence-corrected chi connectivity index (χ1v) is 9.84. The number of rotatable bonds is 9. The summed E-state index contributed by atoms with van der Waals surface area (Å²) < 4.78 is 5.36. The van der Waals surface area contributed by atoms with Crippen LogP contribution in [0.1, 0.15) is 35.7 Å². The van der Waals surface area contributed by atoms with Crippen molar-refractivity contribution >= 4 is 11.9 Å². The fraction of sp³-hybridized carbons (Fsp3) is 0.600. The van der Waals surface area contributed by atoms with E-state index in [2.05, 4.69) is 32.8 Å². The SMILES string of the molecule is CCCCNC(=O)c1ccc(CNC(=NC)NCCN2CCOCC2)cc1. The zero-order chi connectivity index (χ0) is 19.3. The highest BCUT2D eigenvalue weighted by Gasteiger charge is 2.09. The van der Waals surface area contributed by atoms with Crippen LogP contribution in [0.3, 0.4) is 0 Å². The predicted octanol–water partition coefficient (Wildman–Crippen LogP) is 1.21. The van der Waals surface area contributed by atoms with Gasteiger partial charge in [-0.05, 0) is 24.1 Å². The Morgan fingerprint density at radius 3 is 2.52 bits per heavy atom. The second kappa shape index (κ2) is 12.3. The minimum Gasteiger partial charge on any atom is -0.379 e. The molecule has 1 saturated heterocycles. The molecule has 27 heavy (non-hydrogen) atoms. The number of hydrogen-bond donors (Lipinski definition) is 3. The summed E-state index contributed by atoms with van der Waals surface area (Å²) in [6.45, 7) is 8.94. The largest absolute Gasteiger partial charge is 0.379 e. The summed E-state index contributed by atoms with van der Waals surface area (Å²) in [4.78, 5) is 18.7. The molecule has 0 atom stereocenters. The van der Waals surface area contributed by atoms with Gasteiger partial charge in [0.1, 0.15) is 0 Å². The summed E-state index contributed by atoms with van der Waals surface area (Å²) in [6, 6.07) is 7.69. The summed E-state index contributed by atoms with van der Waals surface area (Å²) >= 11 is 0. The van der Waals surface area contributed by atoms with Crippen molar-refractivity contribution < 1.29 is 9.53 Å². The Morgan fingerprint density at radius 2 is 1.85 bits per heavy atom. The van der Waals surface area contributed by atoms with Gasteiger partial charge < -0.3 is 20.7 Å². The molecule has 3 N–H and O–H groups in total. The van der Waals surface area contributed by atoms with E-state index in [1.54, 1.807) is 7.05 Å². The maximum absolute atomic E-state index is 12.0. The van der Waals surface area contributed by atoms with E-state index >= 15 is 0 Å². The molecular weight excluding hydrogens is 342 g/mol. The van der Waals surface area contributed by atoms with Crippen molar-refractivity contribution in [1.29, 1.82) is 0 Å². The normalized spacial score (nSPS) is 15.4. The van der Waals surface area contributed by atoms with Gasteiger partial charge in [0.15, 0.2) is 5.96 Å². The number of unbranched alkanes of at least 4 members (excludes halogenated alkanes) is 1. The molecular formula is C20H33N5O2. The molecule has 0 aromatic heterocycles. The summed E-state index contributed by atoms with van der Waals surface area (Å²) in [6.07, 6.45) is 2.08. The first-order valence-electron chi connectivity index (χ1n) is 9.84. The third kappa shape index (κ3) is 7.97. The Hall–Kier alpha value is -2.12. The monoisotopic (exact) mass is 375 g/mol. The topological polar surface area (TPSA) is 78.0 Å². The number of carbonyl (C=O) groups excluding carboxylic acids is 1. The van der Waals surface area contributed by atoms with Gasteiger partial charge in [-0.25, -0.2) is 0 Å². The Labute approximate surface area is 162 Å². The van der Waals surface area contributed by atoms with Gasteiger partial charge in [-0.3, -0.25) is 14.7 Å². The fourth-order valence-electron chi connectivity index (χ4n) is 2.82. The molecule has 1 aliphatic rings. The van der Waals surface area contributed by atoms with Gasteiger partial charge in [-0.15, -0.1) is 0 Å². The smallest absolute Gasteiger partial charge is 0.251 e. The third-order valence-corrected chi connectivity index (χ3v) is 4.54. The molecule has 7 nitrogen and oxygen atoms in total. The van der Waals surface area contributed by atoms with E-state index < -0.39 is 0 Å². The minimum absolute atomic E-state index is 0.0106. The van der Waals surface area contributed by atoms with Crippen LogP contribution >= 0.6 is 0 Å². The number of ether oxygens (including phenoxy) is 1. The van der Waals surface area contributed by atoms with E-state index in [1.807, 2.05) is 24.3 Å². The number of amides is 1. The van der Waals surface area contributed by atoms with Crippen LogP contribution in [-0.2, 0) is 11.3 Å². The molecule has 1 aromatic rings. The molecule has 1 amide bonds. The van der Waals surface area contributed by atoms with E-state index in [1.165, 1.54) is 0 Å². The number of carbonyl (C=O) groups is 1. The van der Waals surface area contributed by atoms with Crippen molar-refractivity contribution in [3.05, 3.63) is 35.4 Å². The van der Waals surface area contributed by atoms with Crippen molar-refractivity contribution in [3.63, 3.8) is 0 Å². The zero-order valence-corrected chi connectivity index (χ0v) is 16.6. The molecule has 150 valence electrons. The van der Waals surface area contributed by atoms with Gasteiger partial charge in [0.2, 0.25) is 0 Å². The molecule has 1 aromatic carbocycles. The number of guanidine groups is 1. The number of hydrogen-bond acceptors (Lipinski definition) is 4. The number of morpholine rings is 1. The molecule has 0 spiro atoms. The second-order valence-corrected chi connectivity index (χ2v) is 6.61. The lowest BCUT2D eigenvalue weighted by atomic mass is 10.1. The van der Waals surface area contributed by atoms with E-state index in [0.717, 1.165) is 70.3 Å². The second-order valence-electron chi connectivity index (χ2n) is 6.61. The lowest BCUT2D eigenvalue weighted by molar-refractivity contribution is 0.0389. The van der Waals surface area contributed by atoms with Gasteiger partial charge in [-0.2, -0.15) is 0 Å². The number of aliphatic imine (C=N–C) groups is 1. The highest BCUT2D eigenvalue weighted by molar-refractivity contribution is 5.94. The van der Waals surface area contributed by atoms with Crippen LogP contribution in [0.2, 0.25) is 0 Å². The highest BCUT2D eigenvalue weighted by atomic mass is 16.5. The molecule has 0 bridgehead atoms. The van der Waals surface area contributed by atoms with Crippen LogP contribution in [0.15, 0.2) is 29.3 Å². The first kappa shape index (κ1) is 21.2. The van der Waals surface area contributed by atoms with Crippen LogP contribution in [-0.4, -0.2) is 69.8 Å². The summed E-state index contributed by atoms with van der Waals surface area (Å²) in [5, 5.41) is 9.58. The van der Waals surface area contributed by atoms with Crippen LogP contribution in [0.4, 0.5) is 0 Å². The molecule has 7 heteroatoms. The quantitative estimate of drug-likeness (QED) is 0.344. The molecule has 2 rings (SSSR count). The Kier molecular flexibility index (Phi) is 9.65. The maximum atomic E-state index is 12.0. The van der Waals surface area contributed by atoms with E-state index in [-0.39, 0.29) is 5.91 Å². The summed E-state index contributed by atoms with van der Waals surface area (Å²) in [7, 11) is 1.77. The highest BCUT2D eigenvalue weighted by Crippen LogP contribution is 2.04. The van der Waals surface area contributed by atoms with Crippen LogP contribution < -0.4 is 16.0 Å². The van der Waals surface area contributed by atoms with Crippen LogP contribution in [0.5, 0.6) is 0 Å². The Balaban J connectivity index is 1.69. The van der Waals surface area contributed by atoms with Crippen LogP contribution in [0, 0.1) is 0 Å². The van der Waals surface area contributed by atoms with Crippen molar-refractivity contribution in [2.45, 2.75) is 26.3 Å². The molecule has 1 aliphatic heterocycles. The Morgan fingerprint density at radius 1 is 1.11 bits per heavy atom.